The highest BCUT2D eigenvalue weighted by atomic mass is 32.2. The molecule has 2 aliphatic heterocycles. The molecule has 2 aliphatic rings. The molecule has 2 saturated heterocycles. The highest BCUT2D eigenvalue weighted by Crippen LogP contribution is 2.47. The average molecular weight is 389 g/mol. The number of rotatable bonds is 3. The van der Waals surface area contributed by atoms with E-state index in [4.69, 9.17) is 4.74 Å². The summed E-state index contributed by atoms with van der Waals surface area (Å²) in [5.41, 5.74) is 0.873. The van der Waals surface area contributed by atoms with Gasteiger partial charge in [-0.3, -0.25) is 14.5 Å². The zero-order valence-electron chi connectivity index (χ0n) is 14.5. The average Bonchev–Trinajstić information content (AvgIpc) is 3.31. The summed E-state index contributed by atoms with van der Waals surface area (Å²) in [6.07, 6.45) is 1.55. The Morgan fingerprint density at radius 2 is 2.00 bits per heavy atom. The summed E-state index contributed by atoms with van der Waals surface area (Å²) >= 11 is 3.18. The topological polar surface area (TPSA) is 49.9 Å². The molecule has 0 aliphatic carbocycles. The molecule has 3 heterocycles. The number of benzene rings is 1. The summed E-state index contributed by atoms with van der Waals surface area (Å²) in [6, 6.07) is 11.4. The summed E-state index contributed by atoms with van der Waals surface area (Å²) in [6.45, 7) is 1.33. The second-order valence-corrected chi connectivity index (χ2v) is 8.72. The number of nitrogens with zero attached hydrogens (tertiary/aromatic N) is 2. The van der Waals surface area contributed by atoms with Gasteiger partial charge in [-0.15, -0.1) is 23.1 Å². The van der Waals surface area contributed by atoms with Crippen molar-refractivity contribution in [2.45, 2.75) is 17.7 Å². The molecule has 136 valence electrons. The van der Waals surface area contributed by atoms with E-state index in [1.54, 1.807) is 18.9 Å². The second kappa shape index (κ2) is 6.96. The van der Waals surface area contributed by atoms with Crippen LogP contribution in [0.3, 0.4) is 0 Å². The molecule has 0 radical (unpaired) electrons. The Labute approximate surface area is 160 Å². The molecule has 5 nitrogen and oxygen atoms in total. The van der Waals surface area contributed by atoms with Crippen LogP contribution < -0.4 is 9.64 Å². The van der Waals surface area contributed by atoms with Gasteiger partial charge in [0, 0.05) is 24.8 Å². The lowest BCUT2D eigenvalue weighted by Gasteiger charge is -2.44. The van der Waals surface area contributed by atoms with Crippen molar-refractivity contribution in [2.75, 3.05) is 30.9 Å². The fraction of sp³-hybridized carbons (Fsp3) is 0.368. The predicted molar refractivity (Wildman–Crippen MR) is 105 cm³/mol. The SMILES string of the molecule is COc1cccc(N2C(=O)CSC23CCN(C(=O)c2cccs2)CC3)c1. The standard InChI is InChI=1S/C19H20N2O3S2/c1-24-15-5-2-4-14(12-15)21-17(22)13-26-19(21)7-9-20(10-8-19)18(23)16-6-3-11-25-16/h2-6,11-12H,7-10,13H2,1H3. The largest absolute Gasteiger partial charge is 0.497 e. The first-order valence-electron chi connectivity index (χ1n) is 8.57. The number of piperidine rings is 1. The minimum absolute atomic E-state index is 0.0945. The third kappa shape index (κ3) is 2.99. The quantitative estimate of drug-likeness (QED) is 0.808. The smallest absolute Gasteiger partial charge is 0.263 e. The van der Waals surface area contributed by atoms with Crippen molar-refractivity contribution >= 4 is 40.6 Å². The van der Waals surface area contributed by atoms with E-state index in [1.165, 1.54) is 11.3 Å². The second-order valence-electron chi connectivity index (χ2n) is 6.43. The molecule has 0 unspecified atom stereocenters. The van der Waals surface area contributed by atoms with E-state index in [2.05, 4.69) is 0 Å². The molecule has 0 bridgehead atoms. The Kier molecular flexibility index (Phi) is 4.67. The van der Waals surface area contributed by atoms with Crippen molar-refractivity contribution in [2.24, 2.45) is 0 Å². The van der Waals surface area contributed by atoms with Gasteiger partial charge in [-0.25, -0.2) is 0 Å². The highest BCUT2D eigenvalue weighted by Gasteiger charge is 2.49. The number of carbonyl (C=O) groups excluding carboxylic acids is 2. The van der Waals surface area contributed by atoms with E-state index in [9.17, 15) is 9.59 Å². The van der Waals surface area contributed by atoms with Gasteiger partial charge in [0.05, 0.1) is 22.6 Å². The summed E-state index contributed by atoms with van der Waals surface area (Å²) in [4.78, 5) is 29.6. The number of thioether (sulfide) groups is 1. The number of carbonyl (C=O) groups is 2. The van der Waals surface area contributed by atoms with Crippen LogP contribution in [-0.2, 0) is 4.79 Å². The predicted octanol–water partition coefficient (Wildman–Crippen LogP) is 3.47. The lowest BCUT2D eigenvalue weighted by molar-refractivity contribution is -0.116. The van der Waals surface area contributed by atoms with Crippen LogP contribution in [0.25, 0.3) is 0 Å². The summed E-state index contributed by atoms with van der Waals surface area (Å²) in [5, 5.41) is 1.93. The summed E-state index contributed by atoms with van der Waals surface area (Å²) in [5.74, 6) is 1.45. The van der Waals surface area contributed by atoms with Crippen molar-refractivity contribution in [3.8, 4) is 5.75 Å². The molecule has 1 aromatic carbocycles. The first kappa shape index (κ1) is 17.4. The number of hydrogen-bond donors (Lipinski definition) is 0. The van der Waals surface area contributed by atoms with Gasteiger partial charge >= 0.3 is 0 Å². The van der Waals surface area contributed by atoms with Crippen LogP contribution in [0.1, 0.15) is 22.5 Å². The van der Waals surface area contributed by atoms with Gasteiger partial charge in [-0.2, -0.15) is 0 Å². The Bertz CT molecular complexity index is 814. The maximum Gasteiger partial charge on any atom is 0.263 e. The van der Waals surface area contributed by atoms with Crippen molar-refractivity contribution in [3.05, 3.63) is 46.7 Å². The van der Waals surface area contributed by atoms with Gasteiger partial charge in [0.1, 0.15) is 5.75 Å². The number of hydrogen-bond acceptors (Lipinski definition) is 5. The molecule has 1 spiro atoms. The van der Waals surface area contributed by atoms with Gasteiger partial charge in [0.2, 0.25) is 5.91 Å². The maximum atomic E-state index is 12.6. The van der Waals surface area contributed by atoms with Crippen LogP contribution in [0.2, 0.25) is 0 Å². The van der Waals surface area contributed by atoms with E-state index in [-0.39, 0.29) is 16.7 Å². The zero-order valence-corrected chi connectivity index (χ0v) is 16.1. The zero-order chi connectivity index (χ0) is 18.1. The molecule has 0 N–H and O–H groups in total. The van der Waals surface area contributed by atoms with Crippen molar-refractivity contribution in [3.63, 3.8) is 0 Å². The van der Waals surface area contributed by atoms with Gasteiger partial charge < -0.3 is 9.64 Å². The van der Waals surface area contributed by atoms with E-state index in [1.807, 2.05) is 51.6 Å². The lowest BCUT2D eigenvalue weighted by atomic mass is 10.0. The fourth-order valence-electron chi connectivity index (χ4n) is 3.66. The first-order chi connectivity index (χ1) is 12.6. The highest BCUT2D eigenvalue weighted by molar-refractivity contribution is 8.02. The first-order valence-corrected chi connectivity index (χ1v) is 10.4. The molecular formula is C19H20N2O3S2. The van der Waals surface area contributed by atoms with Crippen LogP contribution in [-0.4, -0.2) is 47.5 Å². The van der Waals surface area contributed by atoms with Crippen LogP contribution in [0, 0.1) is 0 Å². The van der Waals surface area contributed by atoms with Crippen molar-refractivity contribution in [1.29, 1.82) is 0 Å². The minimum atomic E-state index is -0.268. The Morgan fingerprint density at radius 1 is 1.19 bits per heavy atom. The Balaban J connectivity index is 1.54. The van der Waals surface area contributed by atoms with Gasteiger partial charge in [0.25, 0.3) is 5.91 Å². The van der Waals surface area contributed by atoms with Crippen molar-refractivity contribution in [1.82, 2.24) is 4.90 Å². The molecule has 2 amide bonds. The molecule has 7 heteroatoms. The number of amides is 2. The number of thiophene rings is 1. The number of ether oxygens (including phenoxy) is 1. The summed E-state index contributed by atoms with van der Waals surface area (Å²) in [7, 11) is 1.63. The number of methoxy groups -OCH3 is 1. The van der Waals surface area contributed by atoms with Gasteiger partial charge in [-0.05, 0) is 36.4 Å². The Hall–Kier alpha value is -1.99. The van der Waals surface area contributed by atoms with Crippen molar-refractivity contribution < 1.29 is 14.3 Å². The monoisotopic (exact) mass is 388 g/mol. The van der Waals surface area contributed by atoms with E-state index in [0.717, 1.165) is 29.2 Å². The maximum absolute atomic E-state index is 12.6. The molecular weight excluding hydrogens is 368 g/mol. The molecule has 4 rings (SSSR count). The van der Waals surface area contributed by atoms with Gasteiger partial charge in [0.15, 0.2) is 0 Å². The van der Waals surface area contributed by atoms with Crippen LogP contribution in [0.4, 0.5) is 5.69 Å². The lowest BCUT2D eigenvalue weighted by Crippen LogP contribution is -2.53. The van der Waals surface area contributed by atoms with E-state index >= 15 is 0 Å². The Morgan fingerprint density at radius 3 is 2.69 bits per heavy atom. The molecule has 1 aromatic heterocycles. The summed E-state index contributed by atoms with van der Waals surface area (Å²) < 4.78 is 5.32. The molecule has 26 heavy (non-hydrogen) atoms. The molecule has 2 fully saturated rings. The number of likely N-dealkylation sites (tertiary alicyclic amines) is 1. The minimum Gasteiger partial charge on any atom is -0.497 e. The number of anilines is 1. The molecule has 0 atom stereocenters. The van der Waals surface area contributed by atoms with E-state index in [0.29, 0.717) is 18.8 Å². The fourth-order valence-corrected chi connectivity index (χ4v) is 5.68. The normalized spacial score (nSPS) is 19.2. The van der Waals surface area contributed by atoms with E-state index < -0.39 is 0 Å². The third-order valence-electron chi connectivity index (χ3n) is 5.00. The van der Waals surface area contributed by atoms with Crippen LogP contribution >= 0.6 is 23.1 Å². The van der Waals surface area contributed by atoms with Crippen LogP contribution in [0.5, 0.6) is 5.75 Å². The van der Waals surface area contributed by atoms with Crippen LogP contribution in [0.15, 0.2) is 41.8 Å². The molecule has 2 aromatic rings. The van der Waals surface area contributed by atoms with Gasteiger partial charge in [-0.1, -0.05) is 12.1 Å². The molecule has 0 saturated carbocycles. The third-order valence-corrected chi connectivity index (χ3v) is 7.37.